The van der Waals surface area contributed by atoms with Crippen LogP contribution in [0.2, 0.25) is 0 Å². The van der Waals surface area contributed by atoms with Gasteiger partial charge in [0, 0.05) is 5.39 Å². The number of ether oxygens (including phenoxy) is 1. The molecule has 1 aliphatic heterocycles. The lowest BCUT2D eigenvalue weighted by Gasteiger charge is -2.26. The number of H-pyrrole nitrogens is 1. The van der Waals surface area contributed by atoms with Crippen molar-refractivity contribution < 1.29 is 4.74 Å². The van der Waals surface area contributed by atoms with Crippen LogP contribution in [-0.4, -0.2) is 16.7 Å². The maximum absolute atomic E-state index is 6.04. The minimum absolute atomic E-state index is 0.0638. The average Bonchev–Trinajstić information content (AvgIpc) is 2.91. The number of nitrogens with zero attached hydrogens (tertiary/aromatic N) is 1. The second-order valence-corrected chi connectivity index (χ2v) is 4.64. The molecule has 0 saturated carbocycles. The van der Waals surface area contributed by atoms with Crippen LogP contribution in [0.5, 0.6) is 5.75 Å². The summed E-state index contributed by atoms with van der Waals surface area (Å²) < 4.78 is 6.04. The van der Waals surface area contributed by atoms with E-state index in [0.717, 1.165) is 34.6 Å². The molecule has 1 aliphatic rings. The smallest absolute Gasteiger partial charge is 0.160 e. The molecular weight excluding hydrogens is 238 g/mol. The van der Waals surface area contributed by atoms with Gasteiger partial charge in [0.05, 0.1) is 17.7 Å². The van der Waals surface area contributed by atoms with Gasteiger partial charge in [0.15, 0.2) is 6.10 Å². The second-order valence-electron chi connectivity index (χ2n) is 4.64. The van der Waals surface area contributed by atoms with Crippen molar-refractivity contribution in [2.45, 2.75) is 6.10 Å². The highest BCUT2D eigenvalue weighted by Crippen LogP contribution is 2.34. The lowest BCUT2D eigenvalue weighted by atomic mass is 10.1. The van der Waals surface area contributed by atoms with Gasteiger partial charge in [0.2, 0.25) is 0 Å². The Labute approximate surface area is 110 Å². The van der Waals surface area contributed by atoms with Gasteiger partial charge >= 0.3 is 0 Å². The van der Waals surface area contributed by atoms with Gasteiger partial charge in [-0.3, -0.25) is 5.10 Å². The number of para-hydroxylation sites is 3. The standard InChI is InChI=1S/C15H13N3O/c1-2-6-11-10(5-1)15(18-17-11)14-9-16-12-7-3-4-8-13(12)19-14/h1-8,14,16H,9H2,(H,17,18). The first-order chi connectivity index (χ1) is 9.42. The first kappa shape index (κ1) is 10.4. The van der Waals surface area contributed by atoms with Gasteiger partial charge in [-0.1, -0.05) is 30.3 Å². The first-order valence-corrected chi connectivity index (χ1v) is 6.34. The van der Waals surface area contributed by atoms with Crippen LogP contribution < -0.4 is 10.1 Å². The summed E-state index contributed by atoms with van der Waals surface area (Å²) in [7, 11) is 0. The Morgan fingerprint density at radius 1 is 1.05 bits per heavy atom. The Hall–Kier alpha value is -2.49. The third-order valence-electron chi connectivity index (χ3n) is 3.44. The Kier molecular flexibility index (Phi) is 2.21. The lowest BCUT2D eigenvalue weighted by Crippen LogP contribution is -2.23. The molecule has 0 amide bonds. The molecule has 0 spiro atoms. The summed E-state index contributed by atoms with van der Waals surface area (Å²) in [5, 5.41) is 12.0. The molecule has 2 heterocycles. The van der Waals surface area contributed by atoms with Crippen LogP contribution in [0.15, 0.2) is 48.5 Å². The molecule has 2 N–H and O–H groups in total. The van der Waals surface area contributed by atoms with E-state index >= 15 is 0 Å². The topological polar surface area (TPSA) is 49.9 Å². The van der Waals surface area contributed by atoms with Crippen molar-refractivity contribution in [3.05, 3.63) is 54.2 Å². The molecule has 0 bridgehead atoms. The van der Waals surface area contributed by atoms with Gasteiger partial charge in [-0.2, -0.15) is 5.10 Å². The van der Waals surface area contributed by atoms with Gasteiger partial charge < -0.3 is 10.1 Å². The Morgan fingerprint density at radius 3 is 2.89 bits per heavy atom. The van der Waals surface area contributed by atoms with Crippen LogP contribution >= 0.6 is 0 Å². The molecule has 4 rings (SSSR count). The summed E-state index contributed by atoms with van der Waals surface area (Å²) in [5.74, 6) is 0.880. The van der Waals surface area contributed by atoms with E-state index in [-0.39, 0.29) is 6.10 Å². The van der Waals surface area contributed by atoms with Crippen molar-refractivity contribution in [3.8, 4) is 5.75 Å². The highest BCUT2D eigenvalue weighted by Gasteiger charge is 2.24. The predicted octanol–water partition coefficient (Wildman–Crippen LogP) is 3.11. The fraction of sp³-hybridized carbons (Fsp3) is 0.133. The number of benzene rings is 2. The van der Waals surface area contributed by atoms with Crippen molar-refractivity contribution in [1.82, 2.24) is 10.2 Å². The predicted molar refractivity (Wildman–Crippen MR) is 74.4 cm³/mol. The van der Waals surface area contributed by atoms with Crippen LogP contribution in [0.3, 0.4) is 0 Å². The quantitative estimate of drug-likeness (QED) is 0.698. The zero-order valence-electron chi connectivity index (χ0n) is 10.3. The van der Waals surface area contributed by atoms with E-state index in [0.29, 0.717) is 0 Å². The summed E-state index contributed by atoms with van der Waals surface area (Å²) in [6, 6.07) is 16.1. The van der Waals surface area contributed by atoms with E-state index in [1.54, 1.807) is 0 Å². The van der Waals surface area contributed by atoms with E-state index in [1.165, 1.54) is 0 Å². The number of hydrogen-bond acceptors (Lipinski definition) is 3. The molecule has 0 fully saturated rings. The summed E-state index contributed by atoms with van der Waals surface area (Å²) >= 11 is 0. The maximum atomic E-state index is 6.04. The molecule has 4 heteroatoms. The third-order valence-corrected chi connectivity index (χ3v) is 3.44. The van der Waals surface area contributed by atoms with E-state index in [9.17, 15) is 0 Å². The monoisotopic (exact) mass is 251 g/mol. The summed E-state index contributed by atoms with van der Waals surface area (Å²) in [6.07, 6.45) is -0.0638. The molecule has 1 atom stereocenters. The lowest BCUT2D eigenvalue weighted by molar-refractivity contribution is 0.207. The Morgan fingerprint density at radius 2 is 1.89 bits per heavy atom. The van der Waals surface area contributed by atoms with Crippen LogP contribution in [0, 0.1) is 0 Å². The normalized spacial score (nSPS) is 17.6. The molecular formula is C15H13N3O. The van der Waals surface area contributed by atoms with Crippen molar-refractivity contribution >= 4 is 16.6 Å². The SMILES string of the molecule is c1ccc2c(c1)NCC(c1n[nH]c3ccccc13)O2. The van der Waals surface area contributed by atoms with Gasteiger partial charge in [-0.15, -0.1) is 0 Å². The van der Waals surface area contributed by atoms with Crippen molar-refractivity contribution in [1.29, 1.82) is 0 Å². The Bertz CT molecular complexity index is 735. The molecule has 0 radical (unpaired) electrons. The van der Waals surface area contributed by atoms with Gasteiger partial charge in [-0.05, 0) is 18.2 Å². The highest BCUT2D eigenvalue weighted by molar-refractivity contribution is 5.81. The van der Waals surface area contributed by atoms with Gasteiger partial charge in [0.25, 0.3) is 0 Å². The molecule has 4 nitrogen and oxygen atoms in total. The van der Waals surface area contributed by atoms with Crippen molar-refractivity contribution in [2.75, 3.05) is 11.9 Å². The average molecular weight is 251 g/mol. The fourth-order valence-electron chi connectivity index (χ4n) is 2.50. The minimum Gasteiger partial charge on any atom is -0.480 e. The summed E-state index contributed by atoms with van der Waals surface area (Å²) in [4.78, 5) is 0. The largest absolute Gasteiger partial charge is 0.480 e. The number of anilines is 1. The van der Waals surface area contributed by atoms with Gasteiger partial charge in [0.1, 0.15) is 11.4 Å². The van der Waals surface area contributed by atoms with Gasteiger partial charge in [-0.25, -0.2) is 0 Å². The third kappa shape index (κ3) is 1.64. The van der Waals surface area contributed by atoms with Crippen LogP contribution in [0.25, 0.3) is 10.9 Å². The number of nitrogens with one attached hydrogen (secondary N) is 2. The minimum atomic E-state index is -0.0638. The second kappa shape index (κ2) is 4.02. The molecule has 19 heavy (non-hydrogen) atoms. The van der Waals surface area contributed by atoms with E-state index < -0.39 is 0 Å². The fourth-order valence-corrected chi connectivity index (χ4v) is 2.50. The molecule has 1 aromatic heterocycles. The van der Waals surface area contributed by atoms with E-state index in [2.05, 4.69) is 21.6 Å². The van der Waals surface area contributed by atoms with Crippen molar-refractivity contribution in [3.63, 3.8) is 0 Å². The molecule has 0 aliphatic carbocycles. The summed E-state index contributed by atoms with van der Waals surface area (Å²) in [5.41, 5.74) is 3.04. The maximum Gasteiger partial charge on any atom is 0.160 e. The number of aromatic amines is 1. The van der Waals surface area contributed by atoms with E-state index in [4.69, 9.17) is 4.74 Å². The van der Waals surface area contributed by atoms with Crippen LogP contribution in [0.1, 0.15) is 11.8 Å². The first-order valence-electron chi connectivity index (χ1n) is 6.34. The highest BCUT2D eigenvalue weighted by atomic mass is 16.5. The molecule has 2 aromatic carbocycles. The molecule has 94 valence electrons. The zero-order chi connectivity index (χ0) is 12.7. The molecule has 0 saturated heterocycles. The number of hydrogen-bond donors (Lipinski definition) is 2. The molecule has 3 aromatic rings. The van der Waals surface area contributed by atoms with Crippen LogP contribution in [0.4, 0.5) is 5.69 Å². The zero-order valence-corrected chi connectivity index (χ0v) is 10.3. The van der Waals surface area contributed by atoms with Crippen LogP contribution in [-0.2, 0) is 0 Å². The Balaban J connectivity index is 1.75. The number of fused-ring (bicyclic) bond motifs is 2. The van der Waals surface area contributed by atoms with Crippen molar-refractivity contribution in [2.24, 2.45) is 0 Å². The molecule has 1 unspecified atom stereocenters. The number of aromatic nitrogens is 2. The summed E-state index contributed by atoms with van der Waals surface area (Å²) in [6.45, 7) is 0.728. The van der Waals surface area contributed by atoms with E-state index in [1.807, 2.05) is 42.5 Å². The number of rotatable bonds is 1.